The second kappa shape index (κ2) is 12.5. The van der Waals surface area contributed by atoms with Gasteiger partial charge in [0.05, 0.1) is 24.9 Å². The summed E-state index contributed by atoms with van der Waals surface area (Å²) in [5.74, 6) is -0.141. The van der Waals surface area contributed by atoms with Gasteiger partial charge in [-0.1, -0.05) is 60.7 Å². The first-order valence-electron chi connectivity index (χ1n) is 14.3. The molecule has 0 saturated carbocycles. The minimum Gasteiger partial charge on any atom is -0.497 e. The summed E-state index contributed by atoms with van der Waals surface area (Å²) in [7, 11) is 0.916. The molecule has 1 N–H and O–H groups in total. The van der Waals surface area contributed by atoms with Gasteiger partial charge in [-0.25, -0.2) is 4.79 Å². The lowest BCUT2D eigenvalue weighted by Gasteiger charge is -2.42. The van der Waals surface area contributed by atoms with Gasteiger partial charge in [-0.05, 0) is 88.3 Å². The zero-order valence-electron chi connectivity index (χ0n) is 25.1. The van der Waals surface area contributed by atoms with Gasteiger partial charge < -0.3 is 24.1 Å². The highest BCUT2D eigenvalue weighted by molar-refractivity contribution is 6.54. The maximum atomic E-state index is 14.4. The molecule has 1 fully saturated rings. The molecule has 1 aliphatic heterocycles. The van der Waals surface area contributed by atoms with Crippen molar-refractivity contribution in [1.29, 1.82) is 0 Å². The molecule has 0 radical (unpaired) electrons. The Balaban J connectivity index is 1.89. The Hall–Kier alpha value is -3.55. The van der Waals surface area contributed by atoms with Gasteiger partial charge in [0.25, 0.3) is 0 Å². The summed E-state index contributed by atoms with van der Waals surface area (Å²) in [5, 5.41) is 3.62. The standard InChI is InChI=1S/C34H42BNO5/c1-8-39-31(37)34(27-17-13-10-14-18-27,36-28-20-22-29(38-7)23-21-28)30(24-19-26-15-11-9-12-16-26)25(2)35-40-32(3,4)33(5,6)41-35/h9-18,20-23,30,36H,2,8,19,24H2,1,3-7H3/t30-,34+/m0/s1. The van der Waals surface area contributed by atoms with Gasteiger partial charge in [-0.3, -0.25) is 0 Å². The molecule has 1 heterocycles. The van der Waals surface area contributed by atoms with Crippen molar-refractivity contribution in [3.63, 3.8) is 0 Å². The molecule has 6 nitrogen and oxygen atoms in total. The van der Waals surface area contributed by atoms with Crippen molar-refractivity contribution in [1.82, 2.24) is 0 Å². The van der Waals surface area contributed by atoms with Crippen LogP contribution < -0.4 is 10.1 Å². The quantitative estimate of drug-likeness (QED) is 0.192. The molecule has 1 aliphatic rings. The van der Waals surface area contributed by atoms with Crippen LogP contribution in [0.15, 0.2) is 97.0 Å². The Kier molecular flexibility index (Phi) is 9.30. The van der Waals surface area contributed by atoms with E-state index in [1.807, 2.05) is 107 Å². The summed E-state index contributed by atoms with van der Waals surface area (Å²) in [4.78, 5) is 14.4. The fourth-order valence-electron chi connectivity index (χ4n) is 5.31. The van der Waals surface area contributed by atoms with Crippen LogP contribution in [0.2, 0.25) is 0 Å². The number of rotatable bonds is 12. The molecular weight excluding hydrogens is 513 g/mol. The van der Waals surface area contributed by atoms with Crippen molar-refractivity contribution in [2.24, 2.45) is 5.92 Å². The zero-order valence-corrected chi connectivity index (χ0v) is 25.1. The number of benzene rings is 3. The number of esters is 1. The molecule has 0 aliphatic carbocycles. The van der Waals surface area contributed by atoms with E-state index >= 15 is 0 Å². The van der Waals surface area contributed by atoms with E-state index in [1.165, 1.54) is 0 Å². The second-order valence-electron chi connectivity index (χ2n) is 11.5. The van der Waals surface area contributed by atoms with Crippen LogP contribution in [0.1, 0.15) is 52.2 Å². The predicted molar refractivity (Wildman–Crippen MR) is 165 cm³/mol. The lowest BCUT2D eigenvalue weighted by molar-refractivity contribution is -0.150. The van der Waals surface area contributed by atoms with Gasteiger partial charge in [0, 0.05) is 11.6 Å². The Morgan fingerprint density at radius 3 is 2.02 bits per heavy atom. The molecule has 2 atom stereocenters. The summed E-state index contributed by atoms with van der Waals surface area (Å²) in [6, 6.07) is 27.5. The van der Waals surface area contributed by atoms with Crippen LogP contribution in [0.25, 0.3) is 0 Å². The number of nitrogens with one attached hydrogen (secondary N) is 1. The molecular formula is C34H42BNO5. The molecule has 41 heavy (non-hydrogen) atoms. The van der Waals surface area contributed by atoms with Crippen molar-refractivity contribution >= 4 is 18.8 Å². The number of hydrogen-bond acceptors (Lipinski definition) is 6. The van der Waals surface area contributed by atoms with Gasteiger partial charge in [0.15, 0.2) is 5.54 Å². The fraction of sp³-hybridized carbons (Fsp3) is 0.382. The first-order valence-corrected chi connectivity index (χ1v) is 14.3. The molecule has 0 bridgehead atoms. The molecule has 7 heteroatoms. The molecule has 4 rings (SSSR count). The summed E-state index contributed by atoms with van der Waals surface area (Å²) < 4.78 is 24.2. The van der Waals surface area contributed by atoms with Crippen LogP contribution in [0.3, 0.4) is 0 Å². The van der Waals surface area contributed by atoms with Crippen molar-refractivity contribution in [2.45, 2.75) is 64.2 Å². The Labute approximate surface area is 245 Å². The highest BCUT2D eigenvalue weighted by Crippen LogP contribution is 2.46. The second-order valence-corrected chi connectivity index (χ2v) is 11.5. The maximum absolute atomic E-state index is 14.4. The Morgan fingerprint density at radius 2 is 1.49 bits per heavy atom. The lowest BCUT2D eigenvalue weighted by Crippen LogP contribution is -2.53. The van der Waals surface area contributed by atoms with E-state index in [-0.39, 0.29) is 6.61 Å². The molecule has 0 unspecified atom stereocenters. The van der Waals surface area contributed by atoms with Crippen LogP contribution in [-0.4, -0.2) is 38.0 Å². The van der Waals surface area contributed by atoms with Gasteiger partial charge >= 0.3 is 13.1 Å². The molecule has 216 valence electrons. The Morgan fingerprint density at radius 1 is 0.927 bits per heavy atom. The van der Waals surface area contributed by atoms with E-state index < -0.39 is 35.7 Å². The predicted octanol–water partition coefficient (Wildman–Crippen LogP) is 7.00. The van der Waals surface area contributed by atoms with E-state index in [0.29, 0.717) is 18.3 Å². The average Bonchev–Trinajstić information content (AvgIpc) is 3.20. The van der Waals surface area contributed by atoms with E-state index in [0.717, 1.165) is 22.6 Å². The van der Waals surface area contributed by atoms with Crippen LogP contribution in [-0.2, 0) is 30.8 Å². The van der Waals surface area contributed by atoms with Crippen molar-refractivity contribution in [2.75, 3.05) is 19.0 Å². The molecule has 3 aromatic rings. The van der Waals surface area contributed by atoms with E-state index in [1.54, 1.807) is 7.11 Å². The van der Waals surface area contributed by atoms with E-state index in [2.05, 4.69) is 24.0 Å². The average molecular weight is 556 g/mol. The number of aryl methyl sites for hydroxylation is 1. The van der Waals surface area contributed by atoms with E-state index in [9.17, 15) is 4.79 Å². The first-order chi connectivity index (χ1) is 19.5. The summed E-state index contributed by atoms with van der Waals surface area (Å²) in [6.07, 6.45) is 1.30. The third-order valence-corrected chi connectivity index (χ3v) is 8.35. The topological polar surface area (TPSA) is 66.0 Å². The summed E-state index contributed by atoms with van der Waals surface area (Å²) >= 11 is 0. The largest absolute Gasteiger partial charge is 0.497 e. The number of anilines is 1. The third-order valence-electron chi connectivity index (χ3n) is 8.35. The lowest BCUT2D eigenvalue weighted by atomic mass is 9.61. The highest BCUT2D eigenvalue weighted by Gasteiger charge is 2.57. The van der Waals surface area contributed by atoms with Crippen molar-refractivity contribution in [3.05, 3.63) is 108 Å². The summed E-state index contributed by atoms with van der Waals surface area (Å²) in [5.41, 5.74) is 0.897. The first kappa shape index (κ1) is 30.4. The molecule has 3 aromatic carbocycles. The number of methoxy groups -OCH3 is 1. The van der Waals surface area contributed by atoms with Gasteiger partial charge in [0.2, 0.25) is 0 Å². The number of hydrogen-bond donors (Lipinski definition) is 1. The number of ether oxygens (including phenoxy) is 2. The molecule has 0 amide bonds. The molecule has 0 spiro atoms. The minimum atomic E-state index is -1.33. The summed E-state index contributed by atoms with van der Waals surface area (Å²) in [6.45, 7) is 14.7. The zero-order chi connectivity index (χ0) is 29.7. The highest BCUT2D eigenvalue weighted by atomic mass is 16.7. The molecule has 1 saturated heterocycles. The SMILES string of the molecule is C=C(B1OC(C)(C)C(C)(C)O1)[C@H](CCc1ccccc1)[C@@](Nc1ccc(OC)cc1)(C(=O)OCC)c1ccccc1. The third kappa shape index (κ3) is 6.37. The smallest absolute Gasteiger partial charge is 0.490 e. The van der Waals surface area contributed by atoms with Crippen LogP contribution in [0.5, 0.6) is 5.75 Å². The Bertz CT molecular complexity index is 1290. The van der Waals surface area contributed by atoms with Crippen molar-refractivity contribution < 1.29 is 23.6 Å². The monoisotopic (exact) mass is 555 g/mol. The van der Waals surface area contributed by atoms with Crippen LogP contribution in [0.4, 0.5) is 5.69 Å². The number of carbonyl (C=O) groups excluding carboxylic acids is 1. The van der Waals surface area contributed by atoms with Gasteiger partial charge in [-0.2, -0.15) is 0 Å². The van der Waals surface area contributed by atoms with Gasteiger partial charge in [-0.15, -0.1) is 6.58 Å². The maximum Gasteiger partial charge on any atom is 0.490 e. The number of carbonyl (C=O) groups is 1. The van der Waals surface area contributed by atoms with Gasteiger partial charge in [0.1, 0.15) is 5.75 Å². The molecule has 0 aromatic heterocycles. The van der Waals surface area contributed by atoms with Crippen LogP contribution in [0, 0.1) is 5.92 Å². The van der Waals surface area contributed by atoms with Crippen molar-refractivity contribution in [3.8, 4) is 5.75 Å². The van der Waals surface area contributed by atoms with Crippen LogP contribution >= 0.6 is 0 Å². The minimum absolute atomic E-state index is 0.228. The van der Waals surface area contributed by atoms with E-state index in [4.69, 9.17) is 18.8 Å². The fourth-order valence-corrected chi connectivity index (χ4v) is 5.31. The normalized spacial score (nSPS) is 17.8.